The molecule has 1 fully saturated rings. The highest BCUT2D eigenvalue weighted by molar-refractivity contribution is 6.11. The van der Waals surface area contributed by atoms with Gasteiger partial charge in [0.05, 0.1) is 5.92 Å². The second-order valence-electron chi connectivity index (χ2n) is 4.63. The Balaban J connectivity index is 2.11. The fourth-order valence-corrected chi connectivity index (χ4v) is 1.82. The van der Waals surface area contributed by atoms with E-state index in [1.165, 1.54) is 0 Å². The first-order valence-corrected chi connectivity index (χ1v) is 5.74. The molecule has 0 saturated heterocycles. The Labute approximate surface area is 95.7 Å². The van der Waals surface area contributed by atoms with Crippen molar-refractivity contribution in [2.45, 2.75) is 26.7 Å². The number of Topliss-reactive ketones (excluding diaryl/α,β-unsaturated/α-hetero) is 2. The van der Waals surface area contributed by atoms with E-state index in [0.29, 0.717) is 5.56 Å². The summed E-state index contributed by atoms with van der Waals surface area (Å²) in [7, 11) is 0. The number of ketones is 2. The first-order chi connectivity index (χ1) is 7.59. The molecule has 0 spiro atoms. The minimum absolute atomic E-state index is 0.0445. The Kier molecular flexibility index (Phi) is 2.90. The van der Waals surface area contributed by atoms with Gasteiger partial charge in [-0.1, -0.05) is 29.8 Å². The van der Waals surface area contributed by atoms with Crippen molar-refractivity contribution in [3.63, 3.8) is 0 Å². The largest absolute Gasteiger partial charge is 0.299 e. The van der Waals surface area contributed by atoms with Gasteiger partial charge in [-0.05, 0) is 26.7 Å². The van der Waals surface area contributed by atoms with Crippen LogP contribution in [0, 0.1) is 18.8 Å². The monoisotopic (exact) mass is 216 g/mol. The normalized spacial score (nSPS) is 16.9. The van der Waals surface area contributed by atoms with Crippen LogP contribution in [0.2, 0.25) is 0 Å². The van der Waals surface area contributed by atoms with Crippen molar-refractivity contribution in [1.29, 1.82) is 0 Å². The molecule has 2 heteroatoms. The van der Waals surface area contributed by atoms with E-state index in [0.717, 1.165) is 18.4 Å². The van der Waals surface area contributed by atoms with Crippen LogP contribution < -0.4 is 0 Å². The maximum absolute atomic E-state index is 12.0. The van der Waals surface area contributed by atoms with Crippen LogP contribution >= 0.6 is 0 Å². The van der Waals surface area contributed by atoms with Crippen LogP contribution in [0.15, 0.2) is 24.3 Å². The smallest absolute Gasteiger partial charge is 0.173 e. The van der Waals surface area contributed by atoms with E-state index in [-0.39, 0.29) is 17.5 Å². The number of carbonyl (C=O) groups is 2. The number of hydrogen-bond acceptors (Lipinski definition) is 2. The van der Waals surface area contributed by atoms with E-state index in [2.05, 4.69) is 0 Å². The Morgan fingerprint density at radius 2 is 1.75 bits per heavy atom. The Bertz CT molecular complexity index is 413. The standard InChI is InChI=1S/C14H16O2/c1-9-3-5-11(6-4-9)13(15)10(2)14(16)12-7-8-12/h3-6,10,12H,7-8H2,1-2H3. The second kappa shape index (κ2) is 4.20. The molecule has 0 aliphatic heterocycles. The molecule has 2 rings (SSSR count). The lowest BCUT2D eigenvalue weighted by atomic mass is 9.93. The summed E-state index contributed by atoms with van der Waals surface area (Å²) in [5.41, 5.74) is 1.77. The van der Waals surface area contributed by atoms with E-state index in [1.807, 2.05) is 19.1 Å². The molecule has 16 heavy (non-hydrogen) atoms. The molecule has 1 aliphatic carbocycles. The summed E-state index contributed by atoms with van der Waals surface area (Å²) in [6.07, 6.45) is 1.93. The van der Waals surface area contributed by atoms with Crippen molar-refractivity contribution >= 4 is 11.6 Å². The molecular weight excluding hydrogens is 200 g/mol. The summed E-state index contributed by atoms with van der Waals surface area (Å²) in [6, 6.07) is 7.41. The third-order valence-electron chi connectivity index (χ3n) is 3.14. The number of carbonyl (C=O) groups excluding carboxylic acids is 2. The molecule has 1 aromatic carbocycles. The molecule has 0 aromatic heterocycles. The highest BCUT2D eigenvalue weighted by Gasteiger charge is 2.35. The SMILES string of the molecule is Cc1ccc(C(=O)C(C)C(=O)C2CC2)cc1. The average molecular weight is 216 g/mol. The molecule has 2 nitrogen and oxygen atoms in total. The van der Waals surface area contributed by atoms with Gasteiger partial charge in [-0.3, -0.25) is 9.59 Å². The van der Waals surface area contributed by atoms with Gasteiger partial charge in [0.15, 0.2) is 5.78 Å². The zero-order valence-electron chi connectivity index (χ0n) is 9.69. The Morgan fingerprint density at radius 1 is 1.19 bits per heavy atom. The first-order valence-electron chi connectivity index (χ1n) is 5.74. The molecule has 1 saturated carbocycles. The van der Waals surface area contributed by atoms with E-state index in [4.69, 9.17) is 0 Å². The lowest BCUT2D eigenvalue weighted by Crippen LogP contribution is -2.22. The van der Waals surface area contributed by atoms with Gasteiger partial charge >= 0.3 is 0 Å². The summed E-state index contributed by atoms with van der Waals surface area (Å²) < 4.78 is 0. The fourth-order valence-electron chi connectivity index (χ4n) is 1.82. The van der Waals surface area contributed by atoms with Crippen molar-refractivity contribution in [3.05, 3.63) is 35.4 Å². The summed E-state index contributed by atoms with van der Waals surface area (Å²) >= 11 is 0. The van der Waals surface area contributed by atoms with Crippen molar-refractivity contribution < 1.29 is 9.59 Å². The average Bonchev–Trinajstić information content (AvgIpc) is 3.11. The van der Waals surface area contributed by atoms with Crippen LogP contribution in [0.25, 0.3) is 0 Å². The Hall–Kier alpha value is -1.44. The zero-order chi connectivity index (χ0) is 11.7. The van der Waals surface area contributed by atoms with Gasteiger partial charge in [-0.15, -0.1) is 0 Å². The molecule has 1 aromatic rings. The summed E-state index contributed by atoms with van der Waals surface area (Å²) in [6.45, 7) is 3.70. The van der Waals surface area contributed by atoms with Crippen molar-refractivity contribution in [2.24, 2.45) is 11.8 Å². The second-order valence-corrected chi connectivity index (χ2v) is 4.63. The van der Waals surface area contributed by atoms with Crippen LogP contribution in [-0.2, 0) is 4.79 Å². The molecule has 84 valence electrons. The van der Waals surface area contributed by atoms with E-state index in [1.54, 1.807) is 19.1 Å². The molecule has 0 N–H and O–H groups in total. The first kappa shape index (κ1) is 11.1. The van der Waals surface area contributed by atoms with Gasteiger partial charge in [0.1, 0.15) is 5.78 Å². The molecular formula is C14H16O2. The molecule has 1 unspecified atom stereocenters. The third kappa shape index (κ3) is 2.21. The summed E-state index contributed by atoms with van der Waals surface area (Å²) in [5.74, 6) is -0.248. The lowest BCUT2D eigenvalue weighted by molar-refractivity contribution is -0.122. The molecule has 0 bridgehead atoms. The van der Waals surface area contributed by atoms with E-state index in [9.17, 15) is 9.59 Å². The fraction of sp³-hybridized carbons (Fsp3) is 0.429. The van der Waals surface area contributed by atoms with Crippen LogP contribution in [0.1, 0.15) is 35.7 Å². The molecule has 0 radical (unpaired) electrons. The number of aryl methyl sites for hydroxylation is 1. The van der Waals surface area contributed by atoms with E-state index >= 15 is 0 Å². The van der Waals surface area contributed by atoms with E-state index < -0.39 is 5.92 Å². The van der Waals surface area contributed by atoms with Gasteiger partial charge in [-0.25, -0.2) is 0 Å². The number of rotatable bonds is 4. The molecule has 0 amide bonds. The van der Waals surface area contributed by atoms with Gasteiger partial charge < -0.3 is 0 Å². The minimum atomic E-state index is -0.477. The maximum atomic E-state index is 12.0. The Morgan fingerprint density at radius 3 is 2.25 bits per heavy atom. The molecule has 0 heterocycles. The van der Waals surface area contributed by atoms with Crippen molar-refractivity contribution in [2.75, 3.05) is 0 Å². The van der Waals surface area contributed by atoms with Gasteiger partial charge in [0.25, 0.3) is 0 Å². The zero-order valence-corrected chi connectivity index (χ0v) is 9.69. The van der Waals surface area contributed by atoms with Gasteiger partial charge in [0.2, 0.25) is 0 Å². The lowest BCUT2D eigenvalue weighted by Gasteiger charge is -2.08. The summed E-state index contributed by atoms with van der Waals surface area (Å²) in [5, 5.41) is 0. The third-order valence-corrected chi connectivity index (χ3v) is 3.14. The predicted octanol–water partition coefficient (Wildman–Crippen LogP) is 2.79. The highest BCUT2D eigenvalue weighted by Crippen LogP contribution is 2.33. The predicted molar refractivity (Wildman–Crippen MR) is 62.4 cm³/mol. The molecule has 1 aliphatic rings. The quantitative estimate of drug-likeness (QED) is 0.573. The van der Waals surface area contributed by atoms with Crippen LogP contribution in [0.4, 0.5) is 0 Å². The molecule has 1 atom stereocenters. The topological polar surface area (TPSA) is 34.1 Å². The number of benzene rings is 1. The van der Waals surface area contributed by atoms with Crippen LogP contribution in [0.5, 0.6) is 0 Å². The summed E-state index contributed by atoms with van der Waals surface area (Å²) in [4.78, 5) is 23.8. The van der Waals surface area contributed by atoms with Crippen LogP contribution in [0.3, 0.4) is 0 Å². The number of hydrogen-bond donors (Lipinski definition) is 0. The minimum Gasteiger partial charge on any atom is -0.299 e. The highest BCUT2D eigenvalue weighted by atomic mass is 16.2. The van der Waals surface area contributed by atoms with Crippen LogP contribution in [-0.4, -0.2) is 11.6 Å². The van der Waals surface area contributed by atoms with Crippen molar-refractivity contribution in [1.82, 2.24) is 0 Å². The maximum Gasteiger partial charge on any atom is 0.173 e. The van der Waals surface area contributed by atoms with Crippen molar-refractivity contribution in [3.8, 4) is 0 Å². The van der Waals surface area contributed by atoms with Gasteiger partial charge in [0, 0.05) is 11.5 Å². The van der Waals surface area contributed by atoms with Gasteiger partial charge in [-0.2, -0.15) is 0 Å².